The molecule has 0 spiro atoms. The van der Waals surface area contributed by atoms with Crippen LogP contribution in [0.15, 0.2) is 53.7 Å². The van der Waals surface area contributed by atoms with E-state index in [-0.39, 0.29) is 30.8 Å². The van der Waals surface area contributed by atoms with Gasteiger partial charge in [0.2, 0.25) is 0 Å². The summed E-state index contributed by atoms with van der Waals surface area (Å²) in [5, 5.41) is 13.2. The number of alkyl halides is 3. The van der Waals surface area contributed by atoms with Crippen LogP contribution in [0.1, 0.15) is 18.4 Å². The van der Waals surface area contributed by atoms with E-state index in [2.05, 4.69) is 10.1 Å². The van der Waals surface area contributed by atoms with Crippen LogP contribution in [-0.4, -0.2) is 46.9 Å². The van der Waals surface area contributed by atoms with E-state index in [0.717, 1.165) is 22.5 Å². The maximum atomic E-state index is 13.5. The molecule has 0 unspecified atom stereocenters. The number of carbonyl (C=O) groups is 1. The van der Waals surface area contributed by atoms with Gasteiger partial charge >= 0.3 is 12.1 Å². The molecule has 13 heteroatoms. The molecule has 4 rings (SSSR count). The second kappa shape index (κ2) is 8.63. The van der Waals surface area contributed by atoms with Crippen LogP contribution in [0.4, 0.5) is 18.9 Å². The van der Waals surface area contributed by atoms with E-state index in [0.29, 0.717) is 17.5 Å². The maximum Gasteiger partial charge on any atom is 0.416 e. The highest BCUT2D eigenvalue weighted by Crippen LogP contribution is 2.40. The van der Waals surface area contributed by atoms with Crippen LogP contribution < -0.4 is 9.04 Å². The van der Waals surface area contributed by atoms with E-state index in [4.69, 9.17) is 9.84 Å². The first-order valence-electron chi connectivity index (χ1n) is 10.0. The molecule has 34 heavy (non-hydrogen) atoms. The Morgan fingerprint density at radius 2 is 2.00 bits per heavy atom. The van der Waals surface area contributed by atoms with Crippen molar-refractivity contribution in [3.05, 3.63) is 54.4 Å². The van der Waals surface area contributed by atoms with Gasteiger partial charge in [0.1, 0.15) is 18.2 Å². The Morgan fingerprint density at radius 1 is 1.24 bits per heavy atom. The quantitative estimate of drug-likeness (QED) is 0.557. The fraction of sp³-hybridized carbons (Fsp3) is 0.286. The van der Waals surface area contributed by atoms with Crippen molar-refractivity contribution >= 4 is 21.7 Å². The van der Waals surface area contributed by atoms with Crippen molar-refractivity contribution in [1.82, 2.24) is 14.8 Å². The Hall–Kier alpha value is -3.61. The highest BCUT2D eigenvalue weighted by Gasteiger charge is 2.37. The number of carboxylic acid groups (broad SMARTS) is 1. The van der Waals surface area contributed by atoms with Gasteiger partial charge in [0, 0.05) is 19.0 Å². The molecule has 0 saturated heterocycles. The Labute approximate surface area is 192 Å². The molecule has 0 fully saturated rings. The zero-order valence-electron chi connectivity index (χ0n) is 17.7. The van der Waals surface area contributed by atoms with Crippen LogP contribution in [0.25, 0.3) is 11.4 Å². The standard InChI is InChI=1S/C21H19F3N4O5S/c1-27-12-25-20(26-27)13-5-7-18-17(9-13)28(11-15(33-18)6-8-19(29)30)34(31,32)16-4-2-3-14(10-16)21(22,23)24/h2-5,7,9-10,12,15H,6,8,11H2,1H3,(H,29,30)/t15-/m0/s1. The van der Waals surface area contributed by atoms with Gasteiger partial charge in [-0.3, -0.25) is 13.8 Å². The number of sulfonamides is 1. The molecular weight excluding hydrogens is 477 g/mol. The monoisotopic (exact) mass is 496 g/mol. The van der Waals surface area contributed by atoms with E-state index >= 15 is 0 Å². The molecule has 1 aromatic heterocycles. The molecule has 0 radical (unpaired) electrons. The van der Waals surface area contributed by atoms with Crippen LogP contribution in [-0.2, 0) is 28.0 Å². The van der Waals surface area contributed by atoms with E-state index in [1.165, 1.54) is 23.1 Å². The van der Waals surface area contributed by atoms with Gasteiger partial charge < -0.3 is 9.84 Å². The summed E-state index contributed by atoms with van der Waals surface area (Å²) < 4.78 is 74.9. The molecule has 1 atom stereocenters. The fourth-order valence-electron chi connectivity index (χ4n) is 3.55. The zero-order chi connectivity index (χ0) is 24.7. The number of nitrogens with zero attached hydrogens (tertiary/aromatic N) is 4. The van der Waals surface area contributed by atoms with Crippen molar-refractivity contribution < 1.29 is 36.2 Å². The molecule has 3 aromatic rings. The summed E-state index contributed by atoms with van der Waals surface area (Å²) in [5.74, 6) is -0.621. The van der Waals surface area contributed by atoms with Crippen molar-refractivity contribution in [2.75, 3.05) is 10.8 Å². The third kappa shape index (κ3) is 4.69. The lowest BCUT2D eigenvalue weighted by Crippen LogP contribution is -2.43. The third-order valence-electron chi connectivity index (χ3n) is 5.18. The fourth-order valence-corrected chi connectivity index (χ4v) is 5.09. The number of rotatable bonds is 6. The Balaban J connectivity index is 1.80. The average Bonchev–Trinajstić information content (AvgIpc) is 3.22. The lowest BCUT2D eigenvalue weighted by molar-refractivity contribution is -0.138. The number of aliphatic carboxylic acids is 1. The number of hydrogen-bond acceptors (Lipinski definition) is 6. The number of halogens is 3. The molecule has 0 aliphatic carbocycles. The normalized spacial score (nSPS) is 16.1. The van der Waals surface area contributed by atoms with E-state index in [9.17, 15) is 26.4 Å². The van der Waals surface area contributed by atoms with Crippen LogP contribution >= 0.6 is 0 Å². The summed E-state index contributed by atoms with van der Waals surface area (Å²) in [5.41, 5.74) is -0.541. The Morgan fingerprint density at radius 3 is 2.65 bits per heavy atom. The number of fused-ring (bicyclic) bond motifs is 1. The minimum atomic E-state index is -4.73. The summed E-state index contributed by atoms with van der Waals surface area (Å²) in [6, 6.07) is 8.05. The largest absolute Gasteiger partial charge is 0.486 e. The number of aryl methyl sites for hydroxylation is 1. The highest BCUT2D eigenvalue weighted by atomic mass is 32.2. The molecule has 1 aliphatic rings. The van der Waals surface area contributed by atoms with Crippen molar-refractivity contribution in [3.63, 3.8) is 0 Å². The average molecular weight is 496 g/mol. The lowest BCUT2D eigenvalue weighted by Gasteiger charge is -2.35. The molecule has 0 saturated carbocycles. The lowest BCUT2D eigenvalue weighted by atomic mass is 10.1. The number of benzene rings is 2. The maximum absolute atomic E-state index is 13.5. The minimum absolute atomic E-state index is 0.00688. The third-order valence-corrected chi connectivity index (χ3v) is 6.95. The van der Waals surface area contributed by atoms with E-state index in [1.807, 2.05) is 0 Å². The van der Waals surface area contributed by atoms with Crippen LogP contribution in [0, 0.1) is 0 Å². The van der Waals surface area contributed by atoms with E-state index < -0.39 is 38.7 Å². The predicted molar refractivity (Wildman–Crippen MR) is 114 cm³/mol. The summed E-state index contributed by atoms with van der Waals surface area (Å²) in [6.45, 7) is -0.280. The van der Waals surface area contributed by atoms with Crippen molar-refractivity contribution in [2.24, 2.45) is 7.05 Å². The summed E-state index contributed by atoms with van der Waals surface area (Å²) in [6.07, 6.45) is -4.34. The number of aromatic nitrogens is 3. The molecule has 180 valence electrons. The van der Waals surface area contributed by atoms with E-state index in [1.54, 1.807) is 13.1 Å². The second-order valence-electron chi connectivity index (χ2n) is 7.66. The van der Waals surface area contributed by atoms with Gasteiger partial charge in [0.05, 0.1) is 22.7 Å². The number of hydrogen-bond donors (Lipinski definition) is 1. The smallest absolute Gasteiger partial charge is 0.416 e. The van der Waals surface area contributed by atoms with Gasteiger partial charge in [-0.15, -0.1) is 0 Å². The van der Waals surface area contributed by atoms with Gasteiger partial charge in [0.15, 0.2) is 5.82 Å². The molecule has 1 N–H and O–H groups in total. The van der Waals surface area contributed by atoms with Gasteiger partial charge in [-0.2, -0.15) is 18.3 Å². The summed E-state index contributed by atoms with van der Waals surface area (Å²) >= 11 is 0. The summed E-state index contributed by atoms with van der Waals surface area (Å²) in [7, 11) is -2.80. The SMILES string of the molecule is Cn1cnc(-c2ccc3c(c2)N(S(=O)(=O)c2cccc(C(F)(F)F)c2)C[C@H](CCC(=O)O)O3)n1. The topological polar surface area (TPSA) is 115 Å². The number of carboxylic acids is 1. The highest BCUT2D eigenvalue weighted by molar-refractivity contribution is 7.92. The van der Waals surface area contributed by atoms with Crippen LogP contribution in [0.2, 0.25) is 0 Å². The molecule has 0 bridgehead atoms. The Bertz CT molecular complexity index is 1340. The van der Waals surface area contributed by atoms with Crippen molar-refractivity contribution in [3.8, 4) is 17.1 Å². The van der Waals surface area contributed by atoms with Crippen molar-refractivity contribution in [1.29, 1.82) is 0 Å². The molecule has 0 amide bonds. The van der Waals surface area contributed by atoms with Gasteiger partial charge in [-0.25, -0.2) is 13.4 Å². The van der Waals surface area contributed by atoms with Crippen LogP contribution in [0.5, 0.6) is 5.75 Å². The molecule has 1 aliphatic heterocycles. The molecule has 2 aromatic carbocycles. The Kier molecular flexibility index (Phi) is 5.98. The predicted octanol–water partition coefficient (Wildman–Crippen LogP) is 3.32. The number of anilines is 1. The van der Waals surface area contributed by atoms with Gasteiger partial charge in [0.25, 0.3) is 10.0 Å². The first-order valence-corrected chi connectivity index (χ1v) is 11.5. The molecule has 9 nitrogen and oxygen atoms in total. The second-order valence-corrected chi connectivity index (χ2v) is 9.52. The first-order chi connectivity index (χ1) is 15.9. The molecule has 2 heterocycles. The van der Waals surface area contributed by atoms with Crippen LogP contribution in [0.3, 0.4) is 0 Å². The number of ether oxygens (including phenoxy) is 1. The first kappa shape index (κ1) is 23.5. The van der Waals surface area contributed by atoms with Crippen molar-refractivity contribution in [2.45, 2.75) is 30.0 Å². The van der Waals surface area contributed by atoms with Gasteiger partial charge in [-0.1, -0.05) is 6.07 Å². The zero-order valence-corrected chi connectivity index (χ0v) is 18.5. The summed E-state index contributed by atoms with van der Waals surface area (Å²) in [4.78, 5) is 14.6. The molecular formula is C21H19F3N4O5S. The minimum Gasteiger partial charge on any atom is -0.486 e. The van der Waals surface area contributed by atoms with Gasteiger partial charge in [-0.05, 0) is 42.8 Å².